The van der Waals surface area contributed by atoms with Crippen molar-refractivity contribution in [3.05, 3.63) is 66.0 Å². The molecule has 0 saturated carbocycles. The van der Waals surface area contributed by atoms with Gasteiger partial charge >= 0.3 is 0 Å². The quantitative estimate of drug-likeness (QED) is 0.759. The van der Waals surface area contributed by atoms with Crippen LogP contribution in [0.5, 0.6) is 0 Å². The third-order valence-corrected chi connectivity index (χ3v) is 5.45. The van der Waals surface area contributed by atoms with Crippen molar-refractivity contribution in [1.82, 2.24) is 14.7 Å². The molecule has 0 aliphatic carbocycles. The third kappa shape index (κ3) is 6.11. The van der Waals surface area contributed by atoms with Crippen molar-refractivity contribution in [2.75, 3.05) is 45.1 Å². The van der Waals surface area contributed by atoms with Gasteiger partial charge in [-0.05, 0) is 37.7 Å². The molecular formula is C23H29FN4O2. The van der Waals surface area contributed by atoms with Gasteiger partial charge in [0.15, 0.2) is 0 Å². The van der Waals surface area contributed by atoms with E-state index in [1.165, 1.54) is 23.8 Å². The largest absolute Gasteiger partial charge is 0.339 e. The number of amides is 2. The number of anilines is 1. The maximum Gasteiger partial charge on any atom is 0.239 e. The van der Waals surface area contributed by atoms with Gasteiger partial charge in [0, 0.05) is 38.4 Å². The number of benzene rings is 2. The molecule has 2 aromatic rings. The minimum absolute atomic E-state index is 0.0235. The standard InChI is InChI=1S/C23H29FN4O2/c1-18(26(2)17-22(29)25-21-10-6-9-20(24)15-21)23(30)28-13-11-27(12-14-28)16-19-7-4-3-5-8-19/h3-10,15,18H,11-14,16-17H2,1-2H3,(H,25,29)/t18-/m1/s1. The van der Waals surface area contributed by atoms with E-state index >= 15 is 0 Å². The first-order valence-corrected chi connectivity index (χ1v) is 10.2. The third-order valence-electron chi connectivity index (χ3n) is 5.45. The molecule has 1 aliphatic rings. The van der Waals surface area contributed by atoms with Crippen LogP contribution < -0.4 is 5.32 Å². The number of nitrogens with one attached hydrogen (secondary N) is 1. The molecule has 1 fully saturated rings. The van der Waals surface area contributed by atoms with Gasteiger partial charge in [-0.3, -0.25) is 19.4 Å². The van der Waals surface area contributed by atoms with E-state index in [9.17, 15) is 14.0 Å². The Kier molecular flexibility index (Phi) is 7.54. The zero-order chi connectivity index (χ0) is 21.5. The average molecular weight is 413 g/mol. The zero-order valence-corrected chi connectivity index (χ0v) is 17.6. The number of hydrogen-bond donors (Lipinski definition) is 1. The summed E-state index contributed by atoms with van der Waals surface area (Å²) in [6.45, 7) is 5.77. The molecule has 3 rings (SSSR count). The predicted octanol–water partition coefficient (Wildman–Crippen LogP) is 2.43. The molecule has 0 spiro atoms. The molecule has 1 atom stereocenters. The van der Waals surface area contributed by atoms with Gasteiger partial charge in [0.25, 0.3) is 0 Å². The molecule has 1 aliphatic heterocycles. The Morgan fingerprint density at radius 2 is 1.77 bits per heavy atom. The molecule has 2 amide bonds. The highest BCUT2D eigenvalue weighted by Gasteiger charge is 2.27. The van der Waals surface area contributed by atoms with Gasteiger partial charge in [-0.2, -0.15) is 0 Å². The molecule has 7 heteroatoms. The fourth-order valence-electron chi connectivity index (χ4n) is 3.55. The van der Waals surface area contributed by atoms with Crippen LogP contribution in [0.4, 0.5) is 10.1 Å². The Balaban J connectivity index is 1.45. The number of hydrogen-bond acceptors (Lipinski definition) is 4. The average Bonchev–Trinajstić information content (AvgIpc) is 2.74. The minimum atomic E-state index is -0.413. The highest BCUT2D eigenvalue weighted by molar-refractivity contribution is 5.92. The lowest BCUT2D eigenvalue weighted by Gasteiger charge is -2.37. The molecule has 0 bridgehead atoms. The molecular weight excluding hydrogens is 383 g/mol. The van der Waals surface area contributed by atoms with Crippen LogP contribution in [0.1, 0.15) is 12.5 Å². The van der Waals surface area contributed by atoms with Crippen molar-refractivity contribution >= 4 is 17.5 Å². The van der Waals surface area contributed by atoms with Crippen LogP contribution in [0, 0.1) is 5.82 Å². The van der Waals surface area contributed by atoms with E-state index in [2.05, 4.69) is 22.3 Å². The molecule has 2 aromatic carbocycles. The first kappa shape index (κ1) is 21.9. The van der Waals surface area contributed by atoms with Crippen LogP contribution in [0.25, 0.3) is 0 Å². The maximum absolute atomic E-state index is 13.3. The SMILES string of the molecule is C[C@H](C(=O)N1CCN(Cc2ccccc2)CC1)N(C)CC(=O)Nc1cccc(F)c1. The number of rotatable bonds is 7. The first-order chi connectivity index (χ1) is 14.4. The lowest BCUT2D eigenvalue weighted by molar-refractivity contribution is -0.138. The van der Waals surface area contributed by atoms with Gasteiger partial charge in [-0.15, -0.1) is 0 Å². The van der Waals surface area contributed by atoms with E-state index in [-0.39, 0.29) is 18.4 Å². The molecule has 1 heterocycles. The summed E-state index contributed by atoms with van der Waals surface area (Å²) in [5.74, 6) is -0.665. The van der Waals surface area contributed by atoms with Crippen LogP contribution in [0.2, 0.25) is 0 Å². The molecule has 0 radical (unpaired) electrons. The fraction of sp³-hybridized carbons (Fsp3) is 0.391. The van der Waals surface area contributed by atoms with Crippen LogP contribution in [0.15, 0.2) is 54.6 Å². The van der Waals surface area contributed by atoms with Crippen molar-refractivity contribution in [2.24, 2.45) is 0 Å². The van der Waals surface area contributed by atoms with Crippen molar-refractivity contribution in [1.29, 1.82) is 0 Å². The van der Waals surface area contributed by atoms with Crippen LogP contribution in [0.3, 0.4) is 0 Å². The van der Waals surface area contributed by atoms with Gasteiger partial charge in [0.2, 0.25) is 11.8 Å². The maximum atomic E-state index is 13.3. The molecule has 0 unspecified atom stereocenters. The molecule has 160 valence electrons. The minimum Gasteiger partial charge on any atom is -0.339 e. The lowest BCUT2D eigenvalue weighted by atomic mass is 10.2. The summed E-state index contributed by atoms with van der Waals surface area (Å²) in [5, 5.41) is 2.66. The Labute approximate surface area is 177 Å². The number of nitrogens with zero attached hydrogens (tertiary/aromatic N) is 3. The molecule has 6 nitrogen and oxygen atoms in total. The van der Waals surface area contributed by atoms with Gasteiger partial charge in [-0.1, -0.05) is 36.4 Å². The Bertz CT molecular complexity index is 853. The number of halogens is 1. The van der Waals surface area contributed by atoms with Gasteiger partial charge in [0.05, 0.1) is 12.6 Å². The summed E-state index contributed by atoms with van der Waals surface area (Å²) in [6.07, 6.45) is 0. The van der Waals surface area contributed by atoms with Gasteiger partial charge in [-0.25, -0.2) is 4.39 Å². The van der Waals surface area contributed by atoms with Crippen molar-refractivity contribution in [2.45, 2.75) is 19.5 Å². The molecule has 0 aromatic heterocycles. The van der Waals surface area contributed by atoms with E-state index in [1.54, 1.807) is 18.0 Å². The topological polar surface area (TPSA) is 55.9 Å². The number of carbonyl (C=O) groups excluding carboxylic acids is 2. The Hall–Kier alpha value is -2.77. The second-order valence-electron chi connectivity index (χ2n) is 7.74. The van der Waals surface area contributed by atoms with E-state index in [0.717, 1.165) is 19.6 Å². The monoisotopic (exact) mass is 412 g/mol. The van der Waals surface area contributed by atoms with Crippen molar-refractivity contribution in [3.63, 3.8) is 0 Å². The number of carbonyl (C=O) groups is 2. The number of likely N-dealkylation sites (N-methyl/N-ethyl adjacent to an activating group) is 1. The summed E-state index contributed by atoms with van der Waals surface area (Å²) in [5.41, 5.74) is 1.68. The fourth-order valence-corrected chi connectivity index (χ4v) is 3.55. The van der Waals surface area contributed by atoms with E-state index < -0.39 is 11.9 Å². The second kappa shape index (κ2) is 10.3. The van der Waals surface area contributed by atoms with Gasteiger partial charge in [0.1, 0.15) is 5.82 Å². The van der Waals surface area contributed by atoms with Crippen LogP contribution >= 0.6 is 0 Å². The Morgan fingerprint density at radius 3 is 2.43 bits per heavy atom. The number of piperazine rings is 1. The van der Waals surface area contributed by atoms with E-state index in [4.69, 9.17) is 0 Å². The summed E-state index contributed by atoms with van der Waals surface area (Å²) in [4.78, 5) is 31.1. The second-order valence-corrected chi connectivity index (χ2v) is 7.74. The van der Waals surface area contributed by atoms with Gasteiger partial charge < -0.3 is 10.2 Å². The normalized spacial score (nSPS) is 15.8. The van der Waals surface area contributed by atoms with Crippen molar-refractivity contribution in [3.8, 4) is 0 Å². The first-order valence-electron chi connectivity index (χ1n) is 10.2. The molecule has 30 heavy (non-hydrogen) atoms. The van der Waals surface area contributed by atoms with Crippen LogP contribution in [-0.2, 0) is 16.1 Å². The summed E-state index contributed by atoms with van der Waals surface area (Å²) < 4.78 is 13.3. The van der Waals surface area contributed by atoms with E-state index in [0.29, 0.717) is 18.8 Å². The summed E-state index contributed by atoms with van der Waals surface area (Å²) >= 11 is 0. The summed E-state index contributed by atoms with van der Waals surface area (Å²) in [6, 6.07) is 15.7. The summed E-state index contributed by atoms with van der Waals surface area (Å²) in [7, 11) is 1.75. The predicted molar refractivity (Wildman–Crippen MR) is 115 cm³/mol. The van der Waals surface area contributed by atoms with Crippen LogP contribution in [-0.4, -0.2) is 72.3 Å². The molecule has 1 N–H and O–H groups in total. The smallest absolute Gasteiger partial charge is 0.239 e. The highest BCUT2D eigenvalue weighted by Crippen LogP contribution is 2.12. The van der Waals surface area contributed by atoms with E-state index in [1.807, 2.05) is 30.0 Å². The zero-order valence-electron chi connectivity index (χ0n) is 17.6. The lowest BCUT2D eigenvalue weighted by Crippen LogP contribution is -2.54. The van der Waals surface area contributed by atoms with Crippen molar-refractivity contribution < 1.29 is 14.0 Å². The molecule has 1 saturated heterocycles. The Morgan fingerprint density at radius 1 is 1.07 bits per heavy atom. The highest BCUT2D eigenvalue weighted by atomic mass is 19.1.